The summed E-state index contributed by atoms with van der Waals surface area (Å²) in [4.78, 5) is 0. The lowest BCUT2D eigenvalue weighted by atomic mass is 10.0. The van der Waals surface area contributed by atoms with Gasteiger partial charge in [-0.25, -0.2) is 0 Å². The Morgan fingerprint density at radius 1 is 0.950 bits per heavy atom. The molecule has 1 atom stereocenters. The first kappa shape index (κ1) is 17.0. The summed E-state index contributed by atoms with van der Waals surface area (Å²) in [5.41, 5.74) is -0.112. The lowest BCUT2D eigenvalue weighted by molar-refractivity contribution is -0.137. The van der Waals surface area contributed by atoms with Crippen molar-refractivity contribution < 1.29 is 18.3 Å². The van der Waals surface area contributed by atoms with E-state index in [9.17, 15) is 18.3 Å². The van der Waals surface area contributed by atoms with E-state index >= 15 is 0 Å². The molecule has 1 nitrogen and oxygen atoms in total. The second-order valence-corrected chi connectivity index (χ2v) is 5.19. The van der Waals surface area contributed by atoms with Crippen LogP contribution in [-0.2, 0) is 6.18 Å². The number of rotatable bonds is 8. The van der Waals surface area contributed by atoms with E-state index in [2.05, 4.69) is 6.92 Å². The molecule has 0 saturated heterocycles. The van der Waals surface area contributed by atoms with Gasteiger partial charge in [-0.15, -0.1) is 0 Å². The van der Waals surface area contributed by atoms with Gasteiger partial charge in [0, 0.05) is 0 Å². The van der Waals surface area contributed by atoms with E-state index in [0.717, 1.165) is 31.4 Å². The number of halogens is 3. The van der Waals surface area contributed by atoms with Crippen molar-refractivity contribution in [2.24, 2.45) is 0 Å². The third kappa shape index (κ3) is 5.95. The minimum atomic E-state index is -4.32. The highest BCUT2D eigenvalue weighted by Crippen LogP contribution is 2.30. The normalized spacial score (nSPS) is 13.4. The maximum atomic E-state index is 12.4. The minimum Gasteiger partial charge on any atom is -0.388 e. The van der Waals surface area contributed by atoms with Crippen molar-refractivity contribution in [2.45, 2.75) is 64.1 Å². The zero-order valence-corrected chi connectivity index (χ0v) is 11.9. The highest BCUT2D eigenvalue weighted by Gasteiger charge is 2.30. The molecule has 4 heteroatoms. The Hall–Kier alpha value is -1.03. The molecule has 0 amide bonds. The summed E-state index contributed by atoms with van der Waals surface area (Å²) in [6.07, 6.45) is 2.42. The van der Waals surface area contributed by atoms with Crippen LogP contribution in [0, 0.1) is 0 Å². The van der Waals surface area contributed by atoms with Crippen molar-refractivity contribution >= 4 is 0 Å². The van der Waals surface area contributed by atoms with Crippen LogP contribution in [0.15, 0.2) is 24.3 Å². The van der Waals surface area contributed by atoms with Gasteiger partial charge in [-0.1, -0.05) is 57.6 Å². The van der Waals surface area contributed by atoms with Gasteiger partial charge in [-0.2, -0.15) is 13.2 Å². The molecule has 1 N–H and O–H groups in total. The molecule has 114 valence electrons. The van der Waals surface area contributed by atoms with Crippen LogP contribution in [0.4, 0.5) is 13.2 Å². The maximum Gasteiger partial charge on any atom is 0.416 e. The zero-order chi connectivity index (χ0) is 15.0. The van der Waals surface area contributed by atoms with Crippen molar-refractivity contribution in [3.8, 4) is 0 Å². The molecule has 1 unspecified atom stereocenters. The second kappa shape index (κ2) is 8.30. The van der Waals surface area contributed by atoms with Gasteiger partial charge in [0.1, 0.15) is 0 Å². The first-order chi connectivity index (χ1) is 9.45. The Bertz CT molecular complexity index is 370. The number of alkyl halides is 3. The number of unbranched alkanes of at least 4 members (excludes halogenated alkanes) is 5. The summed E-state index contributed by atoms with van der Waals surface area (Å²) in [6.45, 7) is 2.16. The molecule has 0 aliphatic rings. The minimum absolute atomic E-state index is 0.562. The van der Waals surface area contributed by atoms with Gasteiger partial charge < -0.3 is 5.11 Å². The SMILES string of the molecule is CCCCCCCCC(O)c1ccc(C(F)(F)F)cc1. The molecule has 0 aromatic heterocycles. The van der Waals surface area contributed by atoms with Crippen molar-refractivity contribution in [1.29, 1.82) is 0 Å². The second-order valence-electron chi connectivity index (χ2n) is 5.19. The van der Waals surface area contributed by atoms with Gasteiger partial charge in [0.25, 0.3) is 0 Å². The molecule has 0 aliphatic heterocycles. The van der Waals surface area contributed by atoms with Crippen molar-refractivity contribution in [3.05, 3.63) is 35.4 Å². The Morgan fingerprint density at radius 3 is 2.05 bits per heavy atom. The molecular formula is C16H23F3O. The average molecular weight is 288 g/mol. The summed E-state index contributed by atoms with van der Waals surface area (Å²) >= 11 is 0. The van der Waals surface area contributed by atoms with Crippen LogP contribution in [-0.4, -0.2) is 5.11 Å². The van der Waals surface area contributed by atoms with Crippen molar-refractivity contribution in [3.63, 3.8) is 0 Å². The van der Waals surface area contributed by atoms with E-state index in [-0.39, 0.29) is 0 Å². The quantitative estimate of drug-likeness (QED) is 0.627. The topological polar surface area (TPSA) is 20.2 Å². The van der Waals surface area contributed by atoms with E-state index < -0.39 is 17.8 Å². The van der Waals surface area contributed by atoms with E-state index in [1.165, 1.54) is 31.4 Å². The van der Waals surface area contributed by atoms with Crippen LogP contribution in [0.25, 0.3) is 0 Å². The van der Waals surface area contributed by atoms with E-state index in [1.54, 1.807) is 0 Å². The molecule has 0 spiro atoms. The molecular weight excluding hydrogens is 265 g/mol. The lowest BCUT2D eigenvalue weighted by Gasteiger charge is -2.12. The molecule has 0 bridgehead atoms. The van der Waals surface area contributed by atoms with Gasteiger partial charge in [0.05, 0.1) is 11.7 Å². The van der Waals surface area contributed by atoms with Crippen molar-refractivity contribution in [2.75, 3.05) is 0 Å². The third-order valence-electron chi connectivity index (χ3n) is 3.45. The number of aliphatic hydroxyl groups is 1. The molecule has 0 saturated carbocycles. The highest BCUT2D eigenvalue weighted by molar-refractivity contribution is 5.25. The van der Waals surface area contributed by atoms with Gasteiger partial charge in [-0.05, 0) is 24.1 Å². The summed E-state index contributed by atoms with van der Waals surface area (Å²) in [6, 6.07) is 4.79. The van der Waals surface area contributed by atoms with Crippen LogP contribution >= 0.6 is 0 Å². The van der Waals surface area contributed by atoms with Gasteiger partial charge in [0.2, 0.25) is 0 Å². The first-order valence-electron chi connectivity index (χ1n) is 7.30. The molecule has 0 aliphatic carbocycles. The molecule has 1 aromatic carbocycles. The summed E-state index contributed by atoms with van der Waals surface area (Å²) in [5, 5.41) is 9.94. The van der Waals surface area contributed by atoms with E-state index in [0.29, 0.717) is 12.0 Å². The molecule has 1 aromatic rings. The number of benzene rings is 1. The third-order valence-corrected chi connectivity index (χ3v) is 3.45. The maximum absolute atomic E-state index is 12.4. The van der Waals surface area contributed by atoms with Crippen LogP contribution in [0.1, 0.15) is 69.1 Å². The standard InChI is InChI=1S/C16H23F3O/c1-2-3-4-5-6-7-8-15(20)13-9-11-14(12-10-13)16(17,18)19/h9-12,15,20H,2-8H2,1H3. The largest absolute Gasteiger partial charge is 0.416 e. The monoisotopic (exact) mass is 288 g/mol. The molecule has 0 radical (unpaired) electrons. The van der Waals surface area contributed by atoms with Crippen LogP contribution in [0.2, 0.25) is 0 Å². The Morgan fingerprint density at radius 2 is 1.50 bits per heavy atom. The Labute approximate surface area is 118 Å². The summed E-state index contributed by atoms with van der Waals surface area (Å²) < 4.78 is 37.2. The highest BCUT2D eigenvalue weighted by atomic mass is 19.4. The number of hydrogen-bond donors (Lipinski definition) is 1. The number of hydrogen-bond acceptors (Lipinski definition) is 1. The summed E-state index contributed by atoms with van der Waals surface area (Å²) in [7, 11) is 0. The average Bonchev–Trinajstić information content (AvgIpc) is 2.41. The molecule has 1 rings (SSSR count). The fourth-order valence-corrected chi connectivity index (χ4v) is 2.18. The van der Waals surface area contributed by atoms with Crippen LogP contribution in [0.5, 0.6) is 0 Å². The molecule has 0 fully saturated rings. The summed E-state index contributed by atoms with van der Waals surface area (Å²) in [5.74, 6) is 0. The zero-order valence-electron chi connectivity index (χ0n) is 11.9. The van der Waals surface area contributed by atoms with E-state index in [1.807, 2.05) is 0 Å². The Kier molecular flexibility index (Phi) is 7.06. The number of aliphatic hydroxyl groups excluding tert-OH is 1. The fourth-order valence-electron chi connectivity index (χ4n) is 2.18. The van der Waals surface area contributed by atoms with Crippen LogP contribution in [0.3, 0.4) is 0 Å². The van der Waals surface area contributed by atoms with E-state index in [4.69, 9.17) is 0 Å². The predicted molar refractivity (Wildman–Crippen MR) is 74.4 cm³/mol. The Balaban J connectivity index is 2.34. The van der Waals surface area contributed by atoms with Crippen molar-refractivity contribution in [1.82, 2.24) is 0 Å². The van der Waals surface area contributed by atoms with Gasteiger partial charge >= 0.3 is 6.18 Å². The molecule has 0 heterocycles. The first-order valence-corrected chi connectivity index (χ1v) is 7.30. The fraction of sp³-hybridized carbons (Fsp3) is 0.625. The van der Waals surface area contributed by atoms with Gasteiger partial charge in [0.15, 0.2) is 0 Å². The lowest BCUT2D eigenvalue weighted by Crippen LogP contribution is -2.05. The predicted octanol–water partition coefficient (Wildman–Crippen LogP) is 5.49. The van der Waals surface area contributed by atoms with Crippen LogP contribution < -0.4 is 0 Å². The smallest absolute Gasteiger partial charge is 0.388 e. The molecule has 20 heavy (non-hydrogen) atoms. The van der Waals surface area contributed by atoms with Gasteiger partial charge in [-0.3, -0.25) is 0 Å².